The topological polar surface area (TPSA) is 64.7 Å². The minimum Gasteiger partial charge on any atom is -0.456 e. The third-order valence-corrected chi connectivity index (χ3v) is 7.85. The van der Waals surface area contributed by atoms with E-state index in [1.165, 1.54) is 0 Å². The highest BCUT2D eigenvalue weighted by Crippen LogP contribution is 2.49. The molecule has 43 heavy (non-hydrogen) atoms. The van der Waals surface area contributed by atoms with Crippen molar-refractivity contribution in [2.45, 2.75) is 0 Å². The largest absolute Gasteiger partial charge is 0.456 e. The Hall–Kier alpha value is -5.94. The number of aromatic nitrogens is 4. The number of hydrogen-bond donors (Lipinski definition) is 0. The second-order valence-corrected chi connectivity index (χ2v) is 10.3. The first kappa shape index (κ1) is 24.8. The minimum atomic E-state index is 0.693. The molecule has 0 aliphatic heterocycles. The molecule has 3 aromatic heterocycles. The molecule has 3 heterocycles. The average molecular weight is 553 g/mol. The van der Waals surface area contributed by atoms with Crippen molar-refractivity contribution in [1.82, 2.24) is 20.4 Å². The number of pyridine rings is 1. The molecule has 0 saturated carbocycles. The quantitative estimate of drug-likeness (QED) is 0.213. The van der Waals surface area contributed by atoms with Crippen LogP contribution in [0.25, 0.3) is 77.8 Å². The van der Waals surface area contributed by atoms with Gasteiger partial charge in [0.1, 0.15) is 11.2 Å². The number of fused-ring (bicyclic) bond motifs is 3. The maximum atomic E-state index is 6.39. The van der Waals surface area contributed by atoms with E-state index in [-0.39, 0.29) is 0 Å². The van der Waals surface area contributed by atoms with Crippen LogP contribution in [-0.2, 0) is 0 Å². The molecule has 0 saturated heterocycles. The van der Waals surface area contributed by atoms with E-state index in [1.807, 2.05) is 48.7 Å². The third kappa shape index (κ3) is 4.26. The molecule has 5 heteroatoms. The SMILES string of the molecule is c1ccc(-c2cnc(-c3c(-c4ccccc4)ccc4oc5ccccc5c34)c(-c3ccnnn3)c2-c2ccccc2)cc1. The fourth-order valence-corrected chi connectivity index (χ4v) is 5.99. The molecule has 0 spiro atoms. The van der Waals surface area contributed by atoms with Crippen molar-refractivity contribution in [3.8, 4) is 55.9 Å². The summed E-state index contributed by atoms with van der Waals surface area (Å²) in [5.74, 6) is 0. The van der Waals surface area contributed by atoms with Crippen LogP contribution in [0.3, 0.4) is 0 Å². The van der Waals surface area contributed by atoms with Crippen LogP contribution in [0.1, 0.15) is 0 Å². The Labute approximate surface area is 248 Å². The molecule has 0 fully saturated rings. The maximum absolute atomic E-state index is 6.39. The first-order valence-electron chi connectivity index (χ1n) is 14.2. The Morgan fingerprint density at radius 3 is 1.84 bits per heavy atom. The van der Waals surface area contributed by atoms with Gasteiger partial charge in [-0.15, -0.1) is 10.2 Å². The summed E-state index contributed by atoms with van der Waals surface area (Å²) >= 11 is 0. The Bertz CT molecular complexity index is 2210. The molecule has 0 aliphatic carbocycles. The van der Waals surface area contributed by atoms with Gasteiger partial charge in [-0.05, 0) is 51.7 Å². The molecule has 5 nitrogen and oxygen atoms in total. The summed E-state index contributed by atoms with van der Waals surface area (Å²) in [5.41, 5.74) is 11.3. The zero-order valence-electron chi connectivity index (χ0n) is 23.1. The minimum absolute atomic E-state index is 0.693. The molecule has 0 radical (unpaired) electrons. The van der Waals surface area contributed by atoms with E-state index >= 15 is 0 Å². The summed E-state index contributed by atoms with van der Waals surface area (Å²) in [4.78, 5) is 5.28. The summed E-state index contributed by atoms with van der Waals surface area (Å²) in [6.45, 7) is 0. The van der Waals surface area contributed by atoms with E-state index in [0.29, 0.717) is 5.69 Å². The van der Waals surface area contributed by atoms with E-state index in [2.05, 4.69) is 106 Å². The van der Waals surface area contributed by atoms with Crippen molar-refractivity contribution in [2.24, 2.45) is 0 Å². The van der Waals surface area contributed by atoms with Crippen molar-refractivity contribution in [1.29, 1.82) is 0 Å². The Morgan fingerprint density at radius 1 is 0.488 bits per heavy atom. The number of para-hydroxylation sites is 1. The lowest BCUT2D eigenvalue weighted by molar-refractivity contribution is 0.669. The predicted octanol–water partition coefficient (Wildman–Crippen LogP) is 9.50. The van der Waals surface area contributed by atoms with Gasteiger partial charge in [-0.25, -0.2) is 0 Å². The lowest BCUT2D eigenvalue weighted by atomic mass is 9.85. The fraction of sp³-hybridized carbons (Fsp3) is 0. The van der Waals surface area contributed by atoms with E-state index in [9.17, 15) is 0 Å². The molecular formula is C38H24N4O. The van der Waals surface area contributed by atoms with Gasteiger partial charge in [0, 0.05) is 39.2 Å². The van der Waals surface area contributed by atoms with Crippen LogP contribution < -0.4 is 0 Å². The van der Waals surface area contributed by atoms with Gasteiger partial charge in [0.05, 0.1) is 17.6 Å². The summed E-state index contributed by atoms with van der Waals surface area (Å²) < 4.78 is 6.39. The summed E-state index contributed by atoms with van der Waals surface area (Å²) in [6, 6.07) is 45.5. The van der Waals surface area contributed by atoms with Gasteiger partial charge in [-0.3, -0.25) is 4.98 Å². The predicted molar refractivity (Wildman–Crippen MR) is 172 cm³/mol. The van der Waals surface area contributed by atoms with Gasteiger partial charge in [0.2, 0.25) is 0 Å². The number of hydrogen-bond acceptors (Lipinski definition) is 5. The summed E-state index contributed by atoms with van der Waals surface area (Å²) in [6.07, 6.45) is 3.67. The third-order valence-electron chi connectivity index (χ3n) is 7.85. The average Bonchev–Trinajstić information content (AvgIpc) is 3.48. The Morgan fingerprint density at radius 2 is 1.14 bits per heavy atom. The molecular weight excluding hydrogens is 528 g/mol. The van der Waals surface area contributed by atoms with Crippen molar-refractivity contribution < 1.29 is 4.42 Å². The molecule has 0 amide bonds. The normalized spacial score (nSPS) is 11.3. The van der Waals surface area contributed by atoms with Gasteiger partial charge < -0.3 is 4.42 Å². The van der Waals surface area contributed by atoms with Gasteiger partial charge >= 0.3 is 0 Å². The second kappa shape index (κ2) is 10.5. The van der Waals surface area contributed by atoms with Crippen molar-refractivity contribution >= 4 is 21.9 Å². The van der Waals surface area contributed by atoms with Crippen LogP contribution in [-0.4, -0.2) is 20.4 Å². The van der Waals surface area contributed by atoms with Gasteiger partial charge in [-0.1, -0.05) is 109 Å². The highest BCUT2D eigenvalue weighted by molar-refractivity contribution is 6.17. The monoisotopic (exact) mass is 552 g/mol. The van der Waals surface area contributed by atoms with Crippen LogP contribution in [0.15, 0.2) is 150 Å². The van der Waals surface area contributed by atoms with Gasteiger partial charge in [0.15, 0.2) is 0 Å². The molecule has 0 unspecified atom stereocenters. The fourth-order valence-electron chi connectivity index (χ4n) is 5.99. The van der Waals surface area contributed by atoms with Gasteiger partial charge in [-0.2, -0.15) is 0 Å². The van der Waals surface area contributed by atoms with Crippen molar-refractivity contribution in [3.05, 3.63) is 146 Å². The Balaban J connectivity index is 1.58. The first-order chi connectivity index (χ1) is 21.4. The second-order valence-electron chi connectivity index (χ2n) is 10.3. The molecule has 0 N–H and O–H groups in total. The molecule has 0 bridgehead atoms. The standard InChI is InChI=1S/C38H24N4O/c1-4-12-25(13-5-1)28-20-21-33-35(29-18-10-11-19-32(29)43-33)36(28)38-37(31-22-23-40-42-41-31)34(27-16-8-3-9-17-27)30(24-39-38)26-14-6-2-7-15-26/h1-24H. The van der Waals surface area contributed by atoms with E-state index in [0.717, 1.165) is 72.1 Å². The number of furan rings is 1. The van der Waals surface area contributed by atoms with Crippen LogP contribution >= 0.6 is 0 Å². The highest BCUT2D eigenvalue weighted by atomic mass is 16.3. The van der Waals surface area contributed by atoms with Gasteiger partial charge in [0.25, 0.3) is 0 Å². The number of benzene rings is 5. The maximum Gasteiger partial charge on any atom is 0.136 e. The van der Waals surface area contributed by atoms with Crippen LogP contribution in [0.5, 0.6) is 0 Å². The molecule has 5 aromatic carbocycles. The number of rotatable bonds is 5. The highest BCUT2D eigenvalue weighted by Gasteiger charge is 2.26. The summed E-state index contributed by atoms with van der Waals surface area (Å²) in [7, 11) is 0. The van der Waals surface area contributed by atoms with E-state index < -0.39 is 0 Å². The lowest BCUT2D eigenvalue weighted by Gasteiger charge is -2.20. The van der Waals surface area contributed by atoms with Crippen LogP contribution in [0.2, 0.25) is 0 Å². The van der Waals surface area contributed by atoms with Crippen LogP contribution in [0, 0.1) is 0 Å². The summed E-state index contributed by atoms with van der Waals surface area (Å²) in [5, 5.41) is 14.7. The van der Waals surface area contributed by atoms with E-state index in [4.69, 9.17) is 9.40 Å². The number of nitrogens with zero attached hydrogens (tertiary/aromatic N) is 4. The molecule has 8 rings (SSSR count). The molecule has 0 aliphatic rings. The molecule has 0 atom stereocenters. The zero-order chi connectivity index (χ0) is 28.6. The van der Waals surface area contributed by atoms with Crippen molar-refractivity contribution in [2.75, 3.05) is 0 Å². The molecule has 8 aromatic rings. The molecule has 202 valence electrons. The smallest absolute Gasteiger partial charge is 0.136 e. The van der Waals surface area contributed by atoms with E-state index in [1.54, 1.807) is 6.20 Å². The van der Waals surface area contributed by atoms with Crippen LogP contribution in [0.4, 0.5) is 0 Å². The lowest BCUT2D eigenvalue weighted by Crippen LogP contribution is -2.01. The zero-order valence-corrected chi connectivity index (χ0v) is 23.1. The Kier molecular flexibility index (Phi) is 6.05. The first-order valence-corrected chi connectivity index (χ1v) is 14.2. The van der Waals surface area contributed by atoms with Crippen molar-refractivity contribution in [3.63, 3.8) is 0 Å².